The number of methoxy groups -OCH3 is 1. The SMILES string of the molecule is CCCN1CCCC(c2ccc(Nc3nc(Nc4ccccc4C(N)=O)c4cc[nH]c4[nH+]3)c(OC)c2)C1. The van der Waals surface area contributed by atoms with Gasteiger partial charge in [-0.15, -0.1) is 0 Å². The first-order chi connectivity index (χ1) is 18.1. The summed E-state index contributed by atoms with van der Waals surface area (Å²) in [6.45, 7) is 5.66. The lowest BCUT2D eigenvalue weighted by molar-refractivity contribution is -0.333. The number of nitrogens with one attached hydrogen (secondary N) is 4. The first-order valence-corrected chi connectivity index (χ1v) is 12.8. The fourth-order valence-corrected chi connectivity index (χ4v) is 5.12. The number of benzene rings is 2. The zero-order valence-electron chi connectivity index (χ0n) is 21.3. The van der Waals surface area contributed by atoms with Gasteiger partial charge in [-0.05, 0) is 74.2 Å². The van der Waals surface area contributed by atoms with Gasteiger partial charge in [0, 0.05) is 12.7 Å². The van der Waals surface area contributed by atoms with Gasteiger partial charge in [0.25, 0.3) is 5.91 Å². The van der Waals surface area contributed by atoms with Gasteiger partial charge in [0.05, 0.1) is 23.7 Å². The number of para-hydroxylation sites is 1. The summed E-state index contributed by atoms with van der Waals surface area (Å²) in [5.74, 6) is 1.87. The van der Waals surface area contributed by atoms with Crippen LogP contribution < -0.4 is 26.1 Å². The molecule has 192 valence electrons. The lowest BCUT2D eigenvalue weighted by Crippen LogP contribution is -2.34. The highest BCUT2D eigenvalue weighted by molar-refractivity contribution is 6.00. The number of nitrogens with two attached hydrogens (primary N) is 1. The number of hydrogen-bond donors (Lipinski definition) is 4. The molecule has 9 nitrogen and oxygen atoms in total. The van der Waals surface area contributed by atoms with Crippen molar-refractivity contribution < 1.29 is 14.5 Å². The number of H-pyrrole nitrogens is 2. The van der Waals surface area contributed by atoms with E-state index in [9.17, 15) is 4.79 Å². The predicted octanol–water partition coefficient (Wildman–Crippen LogP) is 4.56. The molecule has 37 heavy (non-hydrogen) atoms. The number of aromatic nitrogens is 3. The van der Waals surface area contributed by atoms with Crippen molar-refractivity contribution in [1.29, 1.82) is 0 Å². The normalized spacial score (nSPS) is 16.0. The molecule has 1 saturated heterocycles. The quantitative estimate of drug-likeness (QED) is 0.267. The van der Waals surface area contributed by atoms with E-state index in [4.69, 9.17) is 15.5 Å². The second-order valence-corrected chi connectivity index (χ2v) is 9.46. The fourth-order valence-electron chi connectivity index (χ4n) is 5.12. The third kappa shape index (κ3) is 5.36. The van der Waals surface area contributed by atoms with Crippen LogP contribution >= 0.6 is 0 Å². The minimum atomic E-state index is -0.505. The number of amides is 1. The molecule has 1 aliphatic rings. The van der Waals surface area contributed by atoms with E-state index in [1.807, 2.05) is 18.3 Å². The summed E-state index contributed by atoms with van der Waals surface area (Å²) in [7, 11) is 1.69. The van der Waals surface area contributed by atoms with Gasteiger partial charge >= 0.3 is 5.95 Å². The van der Waals surface area contributed by atoms with E-state index in [0.717, 1.165) is 35.6 Å². The molecule has 1 unspecified atom stereocenters. The van der Waals surface area contributed by atoms with Crippen LogP contribution in [0.5, 0.6) is 5.75 Å². The monoisotopic (exact) mass is 500 g/mol. The number of anilines is 4. The number of primary amides is 1. The molecule has 0 radical (unpaired) electrons. The second-order valence-electron chi connectivity index (χ2n) is 9.46. The van der Waals surface area contributed by atoms with Gasteiger partial charge in [0.15, 0.2) is 5.75 Å². The summed E-state index contributed by atoms with van der Waals surface area (Å²) in [5.41, 5.74) is 9.45. The smallest absolute Gasteiger partial charge is 0.351 e. The number of nitrogens with zero attached hydrogens (tertiary/aromatic N) is 2. The highest BCUT2D eigenvalue weighted by Gasteiger charge is 2.23. The topological polar surface area (TPSA) is 122 Å². The molecule has 0 saturated carbocycles. The molecule has 1 aliphatic heterocycles. The third-order valence-corrected chi connectivity index (χ3v) is 6.91. The van der Waals surface area contributed by atoms with E-state index < -0.39 is 5.91 Å². The summed E-state index contributed by atoms with van der Waals surface area (Å²) in [4.78, 5) is 25.7. The Bertz CT molecular complexity index is 1400. The summed E-state index contributed by atoms with van der Waals surface area (Å²) >= 11 is 0. The van der Waals surface area contributed by atoms with Crippen LogP contribution in [0.2, 0.25) is 0 Å². The molecular weight excluding hydrogens is 466 g/mol. The van der Waals surface area contributed by atoms with Crippen molar-refractivity contribution in [3.63, 3.8) is 0 Å². The maximum absolute atomic E-state index is 11.9. The number of carbonyl (C=O) groups excluding carboxylic acids is 1. The lowest BCUT2D eigenvalue weighted by atomic mass is 9.90. The Hall–Kier alpha value is -4.11. The van der Waals surface area contributed by atoms with Crippen molar-refractivity contribution in [2.24, 2.45) is 5.73 Å². The highest BCUT2D eigenvalue weighted by atomic mass is 16.5. The average Bonchev–Trinajstić information content (AvgIpc) is 3.38. The van der Waals surface area contributed by atoms with Crippen LogP contribution in [0.3, 0.4) is 0 Å². The van der Waals surface area contributed by atoms with Gasteiger partial charge in [0.1, 0.15) is 5.69 Å². The van der Waals surface area contributed by atoms with Crippen molar-refractivity contribution >= 4 is 40.1 Å². The van der Waals surface area contributed by atoms with E-state index in [1.54, 1.807) is 25.3 Å². The Morgan fingerprint density at radius 3 is 2.89 bits per heavy atom. The minimum Gasteiger partial charge on any atom is -0.493 e. The minimum absolute atomic E-state index is 0.396. The first kappa shape index (κ1) is 24.6. The molecule has 2 aromatic heterocycles. The third-order valence-electron chi connectivity index (χ3n) is 6.91. The Labute approximate surface area is 216 Å². The molecule has 1 atom stereocenters. The zero-order valence-corrected chi connectivity index (χ0v) is 21.3. The van der Waals surface area contributed by atoms with Crippen LogP contribution in [-0.4, -0.2) is 47.5 Å². The second kappa shape index (κ2) is 10.9. The Morgan fingerprint density at radius 2 is 2.08 bits per heavy atom. The predicted molar refractivity (Wildman–Crippen MR) is 146 cm³/mol. The molecule has 0 aliphatic carbocycles. The maximum atomic E-state index is 11.9. The van der Waals surface area contributed by atoms with Crippen LogP contribution in [0.4, 0.5) is 23.1 Å². The molecule has 1 fully saturated rings. The van der Waals surface area contributed by atoms with E-state index in [2.05, 4.69) is 50.6 Å². The molecule has 6 N–H and O–H groups in total. The van der Waals surface area contributed by atoms with Crippen LogP contribution in [-0.2, 0) is 0 Å². The number of fused-ring (bicyclic) bond motifs is 1. The number of likely N-dealkylation sites (tertiary alicyclic amines) is 1. The largest absolute Gasteiger partial charge is 0.493 e. The summed E-state index contributed by atoms with van der Waals surface area (Å²) in [5, 5.41) is 7.50. The molecule has 4 aromatic rings. The van der Waals surface area contributed by atoms with E-state index in [0.29, 0.717) is 28.9 Å². The number of aromatic amines is 2. The lowest BCUT2D eigenvalue weighted by Gasteiger charge is -2.33. The van der Waals surface area contributed by atoms with Crippen molar-refractivity contribution in [3.8, 4) is 5.75 Å². The van der Waals surface area contributed by atoms with Crippen molar-refractivity contribution in [3.05, 3.63) is 65.9 Å². The number of rotatable bonds is 9. The van der Waals surface area contributed by atoms with Crippen LogP contribution in [0.25, 0.3) is 11.0 Å². The Balaban J connectivity index is 1.42. The molecule has 9 heteroatoms. The summed E-state index contributed by atoms with van der Waals surface area (Å²) in [6.07, 6.45) is 5.42. The molecular formula is C28H34N7O2+. The van der Waals surface area contributed by atoms with Crippen molar-refractivity contribution in [2.45, 2.75) is 32.1 Å². The Kier molecular flexibility index (Phi) is 7.23. The van der Waals surface area contributed by atoms with Gasteiger partial charge in [0.2, 0.25) is 11.5 Å². The van der Waals surface area contributed by atoms with Gasteiger partial charge in [-0.25, -0.2) is 4.98 Å². The van der Waals surface area contributed by atoms with Gasteiger partial charge in [-0.2, -0.15) is 0 Å². The molecule has 2 aromatic carbocycles. The van der Waals surface area contributed by atoms with Crippen LogP contribution in [0, 0.1) is 0 Å². The standard InChI is InChI=1S/C28H33N7O2/c1-3-14-35-15-6-7-19(17-35)18-10-11-23(24(16-18)37-2)32-28-33-26-21(12-13-30-26)27(34-28)31-22-9-5-4-8-20(22)25(29)36/h4-5,8-13,16,19H,3,6-7,14-15,17H2,1-2H3,(H2,29,36)(H3,30,31,32,33,34)/p+1. The van der Waals surface area contributed by atoms with E-state index >= 15 is 0 Å². The first-order valence-electron chi connectivity index (χ1n) is 12.8. The van der Waals surface area contributed by atoms with Crippen LogP contribution in [0.15, 0.2) is 54.7 Å². The number of piperidine rings is 1. The number of ether oxygens (including phenoxy) is 1. The summed E-state index contributed by atoms with van der Waals surface area (Å²) < 4.78 is 5.77. The average molecular weight is 501 g/mol. The Morgan fingerprint density at radius 1 is 1.22 bits per heavy atom. The molecule has 1 amide bonds. The number of hydrogen-bond acceptors (Lipinski definition) is 6. The van der Waals surface area contributed by atoms with E-state index in [-0.39, 0.29) is 0 Å². The zero-order chi connectivity index (χ0) is 25.8. The molecule has 0 spiro atoms. The van der Waals surface area contributed by atoms with Gasteiger partial charge < -0.3 is 20.7 Å². The van der Waals surface area contributed by atoms with E-state index in [1.165, 1.54) is 31.4 Å². The molecule has 0 bridgehead atoms. The summed E-state index contributed by atoms with van der Waals surface area (Å²) in [6, 6.07) is 15.4. The molecule has 5 rings (SSSR count). The number of carbonyl (C=O) groups is 1. The van der Waals surface area contributed by atoms with Crippen LogP contribution in [0.1, 0.15) is 48.0 Å². The van der Waals surface area contributed by atoms with Gasteiger partial charge in [-0.3, -0.25) is 15.1 Å². The molecule has 3 heterocycles. The highest BCUT2D eigenvalue weighted by Crippen LogP contribution is 2.34. The van der Waals surface area contributed by atoms with Crippen molar-refractivity contribution in [1.82, 2.24) is 14.9 Å². The van der Waals surface area contributed by atoms with Gasteiger partial charge in [-0.1, -0.05) is 30.1 Å². The fraction of sp³-hybridized carbons (Fsp3) is 0.321. The maximum Gasteiger partial charge on any atom is 0.351 e. The van der Waals surface area contributed by atoms with Crippen molar-refractivity contribution in [2.75, 3.05) is 37.4 Å².